The molecule has 9 nitrogen and oxygen atoms in total. The van der Waals surface area contributed by atoms with Crippen LogP contribution in [0.1, 0.15) is 44.1 Å². The zero-order valence-corrected chi connectivity index (χ0v) is 21.5. The van der Waals surface area contributed by atoms with Gasteiger partial charge in [0, 0.05) is 36.7 Å². The van der Waals surface area contributed by atoms with Gasteiger partial charge < -0.3 is 19.3 Å². The van der Waals surface area contributed by atoms with Crippen molar-refractivity contribution in [3.63, 3.8) is 0 Å². The number of ether oxygens (including phenoxy) is 2. The van der Waals surface area contributed by atoms with E-state index in [1.807, 2.05) is 18.2 Å². The van der Waals surface area contributed by atoms with Crippen LogP contribution < -0.4 is 9.47 Å². The number of hydrazone groups is 1. The van der Waals surface area contributed by atoms with Crippen LogP contribution in [0.2, 0.25) is 0 Å². The van der Waals surface area contributed by atoms with Crippen LogP contribution >= 0.6 is 0 Å². The van der Waals surface area contributed by atoms with Crippen LogP contribution in [0.3, 0.4) is 0 Å². The maximum Gasteiger partial charge on any atom is 0.247 e. The number of fused-ring (bicyclic) bond motifs is 1. The number of nitrogens with zero attached hydrogens (tertiary/aromatic N) is 4. The highest BCUT2D eigenvalue weighted by Crippen LogP contribution is 2.38. The standard InChI is InChI=1S/C28H34N4O5/c1-18-8-11-25(33)31(18)17-26(34)30-14-12-20(13-15-30)32-28(35)22-7-5-4-6-21(22)27(29-32)19-9-10-23(36-2)24(16-19)37-3/h4-5,9-10,16,20-22H,1,6-8,11-15,17H2,2-3H3/t21-,22+/m0/s1. The zero-order valence-electron chi connectivity index (χ0n) is 21.5. The molecule has 2 fully saturated rings. The molecule has 5 rings (SSSR count). The number of hydrogen-bond acceptors (Lipinski definition) is 6. The Morgan fingerprint density at radius 2 is 1.73 bits per heavy atom. The zero-order chi connectivity index (χ0) is 26.1. The molecule has 2 saturated heterocycles. The number of rotatable bonds is 6. The Kier molecular flexibility index (Phi) is 7.04. The normalized spacial score (nSPS) is 24.3. The third-order valence-corrected chi connectivity index (χ3v) is 7.99. The summed E-state index contributed by atoms with van der Waals surface area (Å²) in [5, 5.41) is 6.63. The summed E-state index contributed by atoms with van der Waals surface area (Å²) in [6.45, 7) is 5.00. The van der Waals surface area contributed by atoms with E-state index in [9.17, 15) is 14.4 Å². The molecule has 0 spiro atoms. The number of benzene rings is 1. The van der Waals surface area contributed by atoms with Gasteiger partial charge in [0.25, 0.3) is 0 Å². The summed E-state index contributed by atoms with van der Waals surface area (Å²) < 4.78 is 10.9. The van der Waals surface area contributed by atoms with Crippen molar-refractivity contribution < 1.29 is 23.9 Å². The van der Waals surface area contributed by atoms with Gasteiger partial charge >= 0.3 is 0 Å². The predicted molar refractivity (Wildman–Crippen MR) is 138 cm³/mol. The number of methoxy groups -OCH3 is 2. The van der Waals surface area contributed by atoms with Gasteiger partial charge in [0.05, 0.1) is 31.9 Å². The Balaban J connectivity index is 1.34. The van der Waals surface area contributed by atoms with E-state index in [0.717, 1.165) is 17.7 Å². The molecule has 3 amide bonds. The van der Waals surface area contributed by atoms with Crippen LogP contribution in [0, 0.1) is 11.8 Å². The number of carbonyl (C=O) groups excluding carboxylic acids is 3. The third-order valence-electron chi connectivity index (χ3n) is 7.99. The summed E-state index contributed by atoms with van der Waals surface area (Å²) >= 11 is 0. The van der Waals surface area contributed by atoms with Crippen LogP contribution in [0.5, 0.6) is 11.5 Å². The summed E-state index contributed by atoms with van der Waals surface area (Å²) in [7, 11) is 3.21. The number of amides is 3. The fourth-order valence-corrected chi connectivity index (χ4v) is 5.82. The first-order valence-electron chi connectivity index (χ1n) is 13.0. The van der Waals surface area contributed by atoms with E-state index in [0.29, 0.717) is 62.4 Å². The van der Waals surface area contributed by atoms with Gasteiger partial charge in [0.2, 0.25) is 17.7 Å². The van der Waals surface area contributed by atoms with Crippen molar-refractivity contribution >= 4 is 23.4 Å². The number of piperidine rings is 1. The smallest absolute Gasteiger partial charge is 0.247 e. The summed E-state index contributed by atoms with van der Waals surface area (Å²) in [6, 6.07) is 5.69. The average molecular weight is 507 g/mol. The maximum absolute atomic E-state index is 13.6. The minimum Gasteiger partial charge on any atom is -0.493 e. The van der Waals surface area contributed by atoms with Crippen molar-refractivity contribution in [3.8, 4) is 11.5 Å². The van der Waals surface area contributed by atoms with Gasteiger partial charge in [-0.25, -0.2) is 5.01 Å². The lowest BCUT2D eigenvalue weighted by Crippen LogP contribution is -2.53. The molecular formula is C28H34N4O5. The number of carbonyl (C=O) groups is 3. The minimum absolute atomic E-state index is 0.0135. The van der Waals surface area contributed by atoms with Crippen LogP contribution in [0.4, 0.5) is 0 Å². The Bertz CT molecular complexity index is 1150. The molecular weight excluding hydrogens is 472 g/mol. The van der Waals surface area contributed by atoms with Crippen molar-refractivity contribution in [2.24, 2.45) is 16.9 Å². The monoisotopic (exact) mass is 506 g/mol. The highest BCUT2D eigenvalue weighted by atomic mass is 16.5. The lowest BCUT2D eigenvalue weighted by Gasteiger charge is -2.42. The molecule has 0 N–H and O–H groups in total. The number of likely N-dealkylation sites (tertiary alicyclic amines) is 2. The molecule has 1 aromatic carbocycles. The molecule has 0 bridgehead atoms. The highest BCUT2D eigenvalue weighted by molar-refractivity contribution is 6.07. The number of hydrogen-bond donors (Lipinski definition) is 0. The second-order valence-electron chi connectivity index (χ2n) is 10.1. The summed E-state index contributed by atoms with van der Waals surface area (Å²) in [5.41, 5.74) is 2.52. The first-order chi connectivity index (χ1) is 17.9. The first-order valence-corrected chi connectivity index (χ1v) is 13.0. The fourth-order valence-electron chi connectivity index (χ4n) is 5.82. The molecule has 0 saturated carbocycles. The van der Waals surface area contributed by atoms with Gasteiger partial charge in [0.15, 0.2) is 11.5 Å². The predicted octanol–water partition coefficient (Wildman–Crippen LogP) is 2.96. The van der Waals surface area contributed by atoms with Crippen molar-refractivity contribution in [1.82, 2.24) is 14.8 Å². The molecule has 2 atom stereocenters. The summed E-state index contributed by atoms with van der Waals surface area (Å²) in [6.07, 6.45) is 7.99. The van der Waals surface area contributed by atoms with E-state index in [1.165, 1.54) is 4.90 Å². The second-order valence-corrected chi connectivity index (χ2v) is 10.1. The molecule has 0 radical (unpaired) electrons. The largest absolute Gasteiger partial charge is 0.493 e. The van der Waals surface area contributed by atoms with E-state index >= 15 is 0 Å². The first kappa shape index (κ1) is 25.0. The van der Waals surface area contributed by atoms with Crippen molar-refractivity contribution in [3.05, 3.63) is 48.2 Å². The van der Waals surface area contributed by atoms with Gasteiger partial charge in [0.1, 0.15) is 6.54 Å². The Hall–Kier alpha value is -3.62. The molecule has 37 heavy (non-hydrogen) atoms. The lowest BCUT2D eigenvalue weighted by molar-refractivity contribution is -0.143. The van der Waals surface area contributed by atoms with Crippen molar-refractivity contribution in [1.29, 1.82) is 0 Å². The summed E-state index contributed by atoms with van der Waals surface area (Å²) in [4.78, 5) is 41.8. The SMILES string of the molecule is C=C1CCC(=O)N1CC(=O)N1CCC(N2N=C(c3ccc(OC)c(OC)c3)[C@H]3CC=CC[C@H]3C2=O)CC1. The molecule has 3 heterocycles. The van der Waals surface area contributed by atoms with E-state index in [2.05, 4.69) is 18.7 Å². The molecule has 0 unspecified atom stereocenters. The van der Waals surface area contributed by atoms with Crippen molar-refractivity contribution in [2.45, 2.75) is 44.6 Å². The Morgan fingerprint density at radius 1 is 1.03 bits per heavy atom. The maximum atomic E-state index is 13.6. The van der Waals surface area contributed by atoms with Crippen LogP contribution in [0.25, 0.3) is 0 Å². The van der Waals surface area contributed by atoms with E-state index in [1.54, 1.807) is 24.1 Å². The Morgan fingerprint density at radius 3 is 2.38 bits per heavy atom. The van der Waals surface area contributed by atoms with E-state index in [4.69, 9.17) is 14.6 Å². The highest BCUT2D eigenvalue weighted by Gasteiger charge is 2.43. The van der Waals surface area contributed by atoms with Gasteiger partial charge in [-0.15, -0.1) is 0 Å². The Labute approximate surface area is 217 Å². The van der Waals surface area contributed by atoms with Gasteiger partial charge in [-0.2, -0.15) is 5.10 Å². The fraction of sp³-hybridized carbons (Fsp3) is 0.500. The molecule has 3 aliphatic heterocycles. The molecule has 1 aromatic rings. The second kappa shape index (κ2) is 10.4. The molecule has 196 valence electrons. The molecule has 0 aromatic heterocycles. The average Bonchev–Trinajstić information content (AvgIpc) is 3.25. The van der Waals surface area contributed by atoms with Gasteiger partial charge in [-0.05, 0) is 50.3 Å². The summed E-state index contributed by atoms with van der Waals surface area (Å²) in [5.74, 6) is 1.07. The number of allylic oxidation sites excluding steroid dienone is 3. The lowest BCUT2D eigenvalue weighted by atomic mass is 9.76. The topological polar surface area (TPSA) is 91.8 Å². The third kappa shape index (κ3) is 4.74. The van der Waals surface area contributed by atoms with Gasteiger partial charge in [-0.1, -0.05) is 18.7 Å². The molecule has 4 aliphatic rings. The van der Waals surface area contributed by atoms with Crippen LogP contribution in [-0.2, 0) is 14.4 Å². The minimum atomic E-state index is -0.155. The molecule has 9 heteroatoms. The molecule has 1 aliphatic carbocycles. The van der Waals surface area contributed by atoms with Crippen LogP contribution in [-0.4, -0.2) is 78.1 Å². The quantitative estimate of drug-likeness (QED) is 0.554. The van der Waals surface area contributed by atoms with E-state index in [-0.39, 0.29) is 42.1 Å². The van der Waals surface area contributed by atoms with Crippen LogP contribution in [0.15, 0.2) is 47.7 Å². The van der Waals surface area contributed by atoms with Crippen molar-refractivity contribution in [2.75, 3.05) is 33.9 Å². The van der Waals surface area contributed by atoms with E-state index < -0.39 is 0 Å². The van der Waals surface area contributed by atoms with Gasteiger partial charge in [-0.3, -0.25) is 14.4 Å².